The van der Waals surface area contributed by atoms with Crippen LogP contribution in [-0.2, 0) is 11.3 Å². The summed E-state index contributed by atoms with van der Waals surface area (Å²) in [6, 6.07) is 1.67. The third-order valence-corrected chi connectivity index (χ3v) is 2.76. The third kappa shape index (κ3) is 2.91. The van der Waals surface area contributed by atoms with E-state index < -0.39 is 0 Å². The zero-order valence-corrected chi connectivity index (χ0v) is 11.2. The molecule has 106 valence electrons. The summed E-state index contributed by atoms with van der Waals surface area (Å²) in [6.45, 7) is 1.94. The molecule has 0 radical (unpaired) electrons. The van der Waals surface area contributed by atoms with Crippen molar-refractivity contribution in [1.29, 1.82) is 0 Å². The van der Waals surface area contributed by atoms with E-state index in [1.165, 1.54) is 23.7 Å². The summed E-state index contributed by atoms with van der Waals surface area (Å²) >= 11 is 0. The minimum atomic E-state index is -0.243. The molecular weight excluding hydrogens is 272 g/mol. The average Bonchev–Trinajstić information content (AvgIpc) is 3.10. The maximum Gasteiger partial charge on any atom is 0.247 e. The zero-order valence-electron chi connectivity index (χ0n) is 11.2. The fraction of sp³-hybridized carbons (Fsp3) is 0.167. The predicted octanol–water partition coefficient (Wildman–Crippen LogP) is 0.201. The number of carbonyl (C=O) groups is 1. The molecular formula is C12H12N8O. The summed E-state index contributed by atoms with van der Waals surface area (Å²) in [6.07, 6.45) is 7.71. The second kappa shape index (κ2) is 5.49. The first-order chi connectivity index (χ1) is 10.2. The van der Waals surface area contributed by atoms with E-state index in [0.29, 0.717) is 11.6 Å². The van der Waals surface area contributed by atoms with Gasteiger partial charge in [-0.2, -0.15) is 5.10 Å². The molecule has 0 aromatic carbocycles. The lowest BCUT2D eigenvalue weighted by atomic mass is 10.4. The van der Waals surface area contributed by atoms with E-state index in [-0.39, 0.29) is 12.5 Å². The first-order valence-electron chi connectivity index (χ1n) is 6.17. The van der Waals surface area contributed by atoms with Crippen LogP contribution in [0.3, 0.4) is 0 Å². The molecule has 0 aliphatic heterocycles. The van der Waals surface area contributed by atoms with E-state index in [9.17, 15) is 4.79 Å². The molecule has 3 aromatic heterocycles. The van der Waals surface area contributed by atoms with Crippen LogP contribution in [0.4, 0.5) is 5.82 Å². The summed E-state index contributed by atoms with van der Waals surface area (Å²) in [7, 11) is 0. The number of anilines is 1. The van der Waals surface area contributed by atoms with Crippen molar-refractivity contribution < 1.29 is 4.79 Å². The number of imidazole rings is 1. The maximum atomic E-state index is 11.9. The van der Waals surface area contributed by atoms with Crippen molar-refractivity contribution in [3.8, 4) is 5.82 Å². The van der Waals surface area contributed by atoms with Crippen molar-refractivity contribution in [3.05, 3.63) is 43.3 Å². The van der Waals surface area contributed by atoms with Crippen LogP contribution in [0.15, 0.2) is 37.4 Å². The number of rotatable bonds is 4. The zero-order chi connectivity index (χ0) is 14.7. The lowest BCUT2D eigenvalue weighted by Crippen LogP contribution is -2.20. The number of hydrogen-bond donors (Lipinski definition) is 1. The van der Waals surface area contributed by atoms with E-state index in [0.717, 1.165) is 5.82 Å². The molecule has 21 heavy (non-hydrogen) atoms. The monoisotopic (exact) mass is 284 g/mol. The molecule has 0 saturated carbocycles. The van der Waals surface area contributed by atoms with Gasteiger partial charge in [-0.3, -0.25) is 9.36 Å². The maximum absolute atomic E-state index is 11.9. The van der Waals surface area contributed by atoms with E-state index >= 15 is 0 Å². The molecule has 3 heterocycles. The van der Waals surface area contributed by atoms with Gasteiger partial charge in [0, 0.05) is 18.5 Å². The third-order valence-electron chi connectivity index (χ3n) is 2.76. The average molecular weight is 284 g/mol. The number of nitrogens with zero attached hydrogens (tertiary/aromatic N) is 7. The molecule has 3 rings (SSSR count). The number of aryl methyl sites for hydroxylation is 1. The van der Waals surface area contributed by atoms with Gasteiger partial charge in [-0.1, -0.05) is 0 Å². The van der Waals surface area contributed by atoms with Gasteiger partial charge in [0.05, 0.1) is 0 Å². The van der Waals surface area contributed by atoms with Gasteiger partial charge in [-0.05, 0) is 6.92 Å². The second-order valence-electron chi connectivity index (χ2n) is 4.25. The fourth-order valence-electron chi connectivity index (χ4n) is 1.81. The van der Waals surface area contributed by atoms with Crippen LogP contribution in [0.1, 0.15) is 5.82 Å². The van der Waals surface area contributed by atoms with Crippen LogP contribution >= 0.6 is 0 Å². The van der Waals surface area contributed by atoms with Crippen molar-refractivity contribution in [2.45, 2.75) is 13.5 Å². The summed E-state index contributed by atoms with van der Waals surface area (Å²) in [4.78, 5) is 28.0. The number of aromatic nitrogens is 7. The summed E-state index contributed by atoms with van der Waals surface area (Å²) in [5, 5.41) is 6.56. The Balaban J connectivity index is 1.74. The molecule has 0 atom stereocenters. The smallest absolute Gasteiger partial charge is 0.247 e. The van der Waals surface area contributed by atoms with Crippen LogP contribution in [0.25, 0.3) is 5.82 Å². The molecule has 1 amide bonds. The van der Waals surface area contributed by atoms with Gasteiger partial charge in [-0.15, -0.1) is 0 Å². The van der Waals surface area contributed by atoms with Gasteiger partial charge in [0.1, 0.15) is 43.0 Å². The van der Waals surface area contributed by atoms with Gasteiger partial charge in [-0.25, -0.2) is 24.6 Å². The lowest BCUT2D eigenvalue weighted by Gasteiger charge is -2.07. The molecule has 0 fully saturated rings. The van der Waals surface area contributed by atoms with Crippen molar-refractivity contribution in [3.63, 3.8) is 0 Å². The molecule has 0 spiro atoms. The normalized spacial score (nSPS) is 10.5. The van der Waals surface area contributed by atoms with E-state index in [4.69, 9.17) is 0 Å². The second-order valence-corrected chi connectivity index (χ2v) is 4.25. The molecule has 0 aliphatic carbocycles. The molecule has 0 saturated heterocycles. The number of hydrogen-bond acceptors (Lipinski definition) is 6. The molecule has 0 aliphatic rings. The quantitative estimate of drug-likeness (QED) is 0.734. The Bertz CT molecular complexity index is 748. The van der Waals surface area contributed by atoms with Crippen molar-refractivity contribution in [2.75, 3.05) is 5.32 Å². The molecule has 0 unspecified atom stereocenters. The Morgan fingerprint density at radius 1 is 1.29 bits per heavy atom. The van der Waals surface area contributed by atoms with Gasteiger partial charge in [0.15, 0.2) is 0 Å². The van der Waals surface area contributed by atoms with Crippen LogP contribution in [0.2, 0.25) is 0 Å². The highest BCUT2D eigenvalue weighted by atomic mass is 16.2. The highest BCUT2D eigenvalue weighted by molar-refractivity contribution is 5.89. The summed E-state index contributed by atoms with van der Waals surface area (Å²) < 4.78 is 3.23. The SMILES string of the molecule is Cc1nccn1-c1cc(NC(=O)Cn2cncn2)ncn1. The Labute approximate surface area is 119 Å². The lowest BCUT2D eigenvalue weighted by molar-refractivity contribution is -0.116. The minimum Gasteiger partial charge on any atom is -0.309 e. The summed E-state index contributed by atoms with van der Waals surface area (Å²) in [5.41, 5.74) is 0. The van der Waals surface area contributed by atoms with Crippen LogP contribution in [0, 0.1) is 6.92 Å². The Hall–Kier alpha value is -3.10. The fourth-order valence-corrected chi connectivity index (χ4v) is 1.81. The van der Waals surface area contributed by atoms with Crippen LogP contribution in [0.5, 0.6) is 0 Å². The standard InChI is InChI=1S/C12H12N8O/c1-9-14-2-3-20(9)11-4-10(15-7-16-11)18-12(21)5-19-8-13-6-17-19/h2-4,6-8H,5H2,1H3,(H,15,16,18,21). The largest absolute Gasteiger partial charge is 0.309 e. The number of carbonyl (C=O) groups excluding carboxylic acids is 1. The van der Waals surface area contributed by atoms with Crippen LogP contribution in [-0.4, -0.2) is 40.2 Å². The first kappa shape index (κ1) is 12.9. The molecule has 3 aromatic rings. The molecule has 0 bridgehead atoms. The predicted molar refractivity (Wildman–Crippen MR) is 72.5 cm³/mol. The van der Waals surface area contributed by atoms with E-state index in [1.807, 2.05) is 6.92 Å². The Morgan fingerprint density at radius 2 is 2.19 bits per heavy atom. The van der Waals surface area contributed by atoms with Crippen molar-refractivity contribution in [1.82, 2.24) is 34.3 Å². The van der Waals surface area contributed by atoms with E-state index in [1.54, 1.807) is 23.0 Å². The molecule has 9 nitrogen and oxygen atoms in total. The van der Waals surface area contributed by atoms with Crippen molar-refractivity contribution >= 4 is 11.7 Å². The number of amides is 1. The Kier molecular flexibility index (Phi) is 3.37. The minimum absolute atomic E-state index is 0.0729. The highest BCUT2D eigenvalue weighted by Crippen LogP contribution is 2.10. The molecule has 9 heteroatoms. The van der Waals surface area contributed by atoms with Gasteiger partial charge in [0.25, 0.3) is 0 Å². The summed E-state index contributed by atoms with van der Waals surface area (Å²) in [5.74, 6) is 1.61. The number of nitrogens with one attached hydrogen (secondary N) is 1. The Morgan fingerprint density at radius 3 is 2.90 bits per heavy atom. The van der Waals surface area contributed by atoms with Gasteiger partial charge in [0.2, 0.25) is 5.91 Å². The van der Waals surface area contributed by atoms with Crippen molar-refractivity contribution in [2.24, 2.45) is 0 Å². The topological polar surface area (TPSA) is 103 Å². The van der Waals surface area contributed by atoms with Gasteiger partial charge < -0.3 is 5.32 Å². The highest BCUT2D eigenvalue weighted by Gasteiger charge is 2.08. The van der Waals surface area contributed by atoms with Crippen LogP contribution < -0.4 is 5.32 Å². The van der Waals surface area contributed by atoms with Gasteiger partial charge >= 0.3 is 0 Å². The first-order valence-corrected chi connectivity index (χ1v) is 6.17. The molecule has 1 N–H and O–H groups in total. The van der Waals surface area contributed by atoms with E-state index in [2.05, 4.69) is 30.4 Å².